The molecule has 0 radical (unpaired) electrons. The maximum Gasteiger partial charge on any atom is 0.300 e. The fourth-order valence-corrected chi connectivity index (χ4v) is 4.02. The highest BCUT2D eigenvalue weighted by molar-refractivity contribution is 5.73. The molecule has 172 valence electrons. The van der Waals surface area contributed by atoms with E-state index in [1.165, 1.54) is 11.8 Å². The standard InChI is InChI=1S/C22H28N4O6/c1-29-16-12-30-20-17(13-31-19(16)20)32-22-25-10-15(21(28)26(22)11-18(23)27)24-9-5-8-14-6-3-2-4-7-14/h2-4,6-7,10,16-17,19-20,24H,5,8-9,11-13H2,1H3,(H2,23,27)/t16-,17-,19-,20-/m1/s1. The Morgan fingerprint density at radius 2 is 1.94 bits per heavy atom. The number of nitrogens with zero attached hydrogens (tertiary/aromatic N) is 2. The Morgan fingerprint density at radius 3 is 2.66 bits per heavy atom. The minimum absolute atomic E-state index is 0.00218. The summed E-state index contributed by atoms with van der Waals surface area (Å²) in [5.41, 5.74) is 6.44. The monoisotopic (exact) mass is 444 g/mol. The van der Waals surface area contributed by atoms with Gasteiger partial charge in [-0.05, 0) is 18.4 Å². The van der Waals surface area contributed by atoms with E-state index in [1.807, 2.05) is 18.2 Å². The lowest BCUT2D eigenvalue weighted by Gasteiger charge is -2.20. The average molecular weight is 444 g/mol. The van der Waals surface area contributed by atoms with E-state index in [4.69, 9.17) is 24.7 Å². The number of primary amides is 1. The van der Waals surface area contributed by atoms with Gasteiger partial charge in [0, 0.05) is 13.7 Å². The van der Waals surface area contributed by atoms with E-state index in [0.717, 1.165) is 17.4 Å². The molecule has 2 fully saturated rings. The fourth-order valence-electron chi connectivity index (χ4n) is 4.02. The summed E-state index contributed by atoms with van der Waals surface area (Å²) < 4.78 is 23.9. The zero-order chi connectivity index (χ0) is 22.5. The van der Waals surface area contributed by atoms with E-state index >= 15 is 0 Å². The van der Waals surface area contributed by atoms with E-state index in [1.54, 1.807) is 7.11 Å². The molecule has 32 heavy (non-hydrogen) atoms. The van der Waals surface area contributed by atoms with Gasteiger partial charge in [0.1, 0.15) is 30.5 Å². The lowest BCUT2D eigenvalue weighted by Crippen LogP contribution is -2.38. The summed E-state index contributed by atoms with van der Waals surface area (Å²) in [6.45, 7) is 0.902. The number of carbonyl (C=O) groups is 1. The van der Waals surface area contributed by atoms with Crippen LogP contribution in [0.3, 0.4) is 0 Å². The first kappa shape index (κ1) is 22.3. The number of aromatic nitrogens is 2. The Balaban J connectivity index is 1.43. The summed E-state index contributed by atoms with van der Waals surface area (Å²) in [4.78, 5) is 28.9. The van der Waals surface area contributed by atoms with Crippen LogP contribution in [0, 0.1) is 0 Å². The minimum atomic E-state index is -0.669. The molecule has 3 N–H and O–H groups in total. The molecule has 0 aliphatic carbocycles. The first-order valence-corrected chi connectivity index (χ1v) is 10.7. The van der Waals surface area contributed by atoms with E-state index in [2.05, 4.69) is 22.4 Å². The van der Waals surface area contributed by atoms with Crippen molar-refractivity contribution in [2.24, 2.45) is 5.73 Å². The molecule has 4 atom stereocenters. The molecule has 1 amide bonds. The van der Waals surface area contributed by atoms with Gasteiger partial charge in [0.15, 0.2) is 6.10 Å². The predicted molar refractivity (Wildman–Crippen MR) is 116 cm³/mol. The van der Waals surface area contributed by atoms with Crippen molar-refractivity contribution in [2.75, 3.05) is 32.2 Å². The van der Waals surface area contributed by atoms with Gasteiger partial charge < -0.3 is 30.0 Å². The summed E-state index contributed by atoms with van der Waals surface area (Å²) in [6.07, 6.45) is 1.90. The molecule has 10 nitrogen and oxygen atoms in total. The molecule has 3 heterocycles. The average Bonchev–Trinajstić information content (AvgIpc) is 3.38. The van der Waals surface area contributed by atoms with Crippen LogP contribution in [0.15, 0.2) is 41.3 Å². The molecule has 1 aromatic carbocycles. The molecule has 0 spiro atoms. The maximum atomic E-state index is 13.0. The van der Waals surface area contributed by atoms with Crippen LogP contribution in [0.2, 0.25) is 0 Å². The van der Waals surface area contributed by atoms with Crippen LogP contribution in [0.1, 0.15) is 12.0 Å². The van der Waals surface area contributed by atoms with E-state index < -0.39 is 17.6 Å². The smallest absolute Gasteiger partial charge is 0.300 e. The van der Waals surface area contributed by atoms with E-state index in [9.17, 15) is 9.59 Å². The van der Waals surface area contributed by atoms with Gasteiger partial charge >= 0.3 is 0 Å². The van der Waals surface area contributed by atoms with Gasteiger partial charge in [0.05, 0.1) is 19.4 Å². The van der Waals surface area contributed by atoms with Crippen molar-refractivity contribution in [3.8, 4) is 6.01 Å². The number of aryl methyl sites for hydroxylation is 1. The number of nitrogens with one attached hydrogen (secondary N) is 1. The van der Waals surface area contributed by atoms with Crippen LogP contribution in [0.25, 0.3) is 0 Å². The van der Waals surface area contributed by atoms with Crippen molar-refractivity contribution in [3.05, 3.63) is 52.4 Å². The number of carbonyl (C=O) groups excluding carboxylic acids is 1. The number of fused-ring (bicyclic) bond motifs is 1. The summed E-state index contributed by atoms with van der Waals surface area (Å²) in [6, 6.07) is 10.1. The first-order chi connectivity index (χ1) is 15.6. The number of methoxy groups -OCH3 is 1. The molecule has 0 bridgehead atoms. The quantitative estimate of drug-likeness (QED) is 0.502. The first-order valence-electron chi connectivity index (χ1n) is 10.7. The molecular formula is C22H28N4O6. The number of rotatable bonds is 10. The second-order valence-electron chi connectivity index (χ2n) is 7.85. The minimum Gasteiger partial charge on any atom is -0.456 e. The highest BCUT2D eigenvalue weighted by Crippen LogP contribution is 2.30. The molecule has 0 unspecified atom stereocenters. The molecule has 4 rings (SSSR count). The summed E-state index contributed by atoms with van der Waals surface area (Å²) in [5, 5.41) is 3.10. The van der Waals surface area contributed by atoms with Crippen molar-refractivity contribution >= 4 is 11.6 Å². The van der Waals surface area contributed by atoms with Crippen LogP contribution < -0.4 is 21.3 Å². The zero-order valence-corrected chi connectivity index (χ0v) is 17.9. The van der Waals surface area contributed by atoms with Crippen molar-refractivity contribution in [2.45, 2.75) is 43.8 Å². The predicted octanol–water partition coefficient (Wildman–Crippen LogP) is 0.333. The molecule has 0 saturated carbocycles. The van der Waals surface area contributed by atoms with Gasteiger partial charge in [-0.2, -0.15) is 0 Å². The third-order valence-electron chi connectivity index (χ3n) is 5.65. The topological polar surface area (TPSA) is 127 Å². The van der Waals surface area contributed by atoms with Gasteiger partial charge in [0.2, 0.25) is 5.91 Å². The van der Waals surface area contributed by atoms with Gasteiger partial charge in [-0.3, -0.25) is 14.2 Å². The number of anilines is 1. The van der Waals surface area contributed by atoms with Crippen molar-refractivity contribution in [3.63, 3.8) is 0 Å². The number of nitrogens with two attached hydrogens (primary N) is 1. The van der Waals surface area contributed by atoms with E-state index in [0.29, 0.717) is 13.2 Å². The molecule has 2 saturated heterocycles. The second kappa shape index (κ2) is 10.1. The fraction of sp³-hybridized carbons (Fsp3) is 0.500. The van der Waals surface area contributed by atoms with Gasteiger partial charge in [-0.1, -0.05) is 30.3 Å². The SMILES string of the molecule is CO[C@@H]1CO[C@H]2[C@@H]1OC[C@H]2Oc1ncc(NCCCc2ccccc2)c(=O)n1CC(N)=O. The van der Waals surface area contributed by atoms with Crippen LogP contribution in [0.5, 0.6) is 6.01 Å². The third-order valence-corrected chi connectivity index (χ3v) is 5.65. The number of ether oxygens (including phenoxy) is 4. The molecule has 2 aliphatic rings. The Morgan fingerprint density at radius 1 is 1.22 bits per heavy atom. The van der Waals surface area contributed by atoms with Crippen LogP contribution >= 0.6 is 0 Å². The largest absolute Gasteiger partial charge is 0.456 e. The molecular weight excluding hydrogens is 416 g/mol. The number of amides is 1. The highest BCUT2D eigenvalue weighted by Gasteiger charge is 2.49. The van der Waals surface area contributed by atoms with Gasteiger partial charge in [-0.15, -0.1) is 0 Å². The molecule has 10 heteroatoms. The lowest BCUT2D eigenvalue weighted by atomic mass is 10.1. The van der Waals surface area contributed by atoms with Crippen LogP contribution in [-0.2, 0) is 32.0 Å². The van der Waals surface area contributed by atoms with E-state index in [-0.39, 0.29) is 43.2 Å². The Bertz CT molecular complexity index is 982. The van der Waals surface area contributed by atoms with Crippen molar-refractivity contribution in [1.29, 1.82) is 0 Å². The highest BCUT2D eigenvalue weighted by atomic mass is 16.6. The molecule has 1 aromatic heterocycles. The Labute approximate surface area is 185 Å². The normalized spacial score (nSPS) is 24.3. The zero-order valence-electron chi connectivity index (χ0n) is 17.9. The molecule has 2 aliphatic heterocycles. The number of hydrogen-bond donors (Lipinski definition) is 2. The number of benzene rings is 1. The Kier molecular flexibility index (Phi) is 7.03. The van der Waals surface area contributed by atoms with Crippen molar-refractivity contribution < 1.29 is 23.7 Å². The van der Waals surface area contributed by atoms with Crippen molar-refractivity contribution in [1.82, 2.24) is 9.55 Å². The van der Waals surface area contributed by atoms with Crippen LogP contribution in [-0.4, -0.2) is 66.7 Å². The summed E-state index contributed by atoms with van der Waals surface area (Å²) in [5.74, 6) is -0.669. The summed E-state index contributed by atoms with van der Waals surface area (Å²) in [7, 11) is 1.60. The van der Waals surface area contributed by atoms with Gasteiger partial charge in [-0.25, -0.2) is 4.98 Å². The van der Waals surface area contributed by atoms with Crippen LogP contribution in [0.4, 0.5) is 5.69 Å². The number of hydrogen-bond acceptors (Lipinski definition) is 8. The lowest BCUT2D eigenvalue weighted by molar-refractivity contribution is -0.118. The Hall–Kier alpha value is -2.95. The molecule has 2 aromatic rings. The third kappa shape index (κ3) is 4.93. The second-order valence-corrected chi connectivity index (χ2v) is 7.85. The van der Waals surface area contributed by atoms with Gasteiger partial charge in [0.25, 0.3) is 11.6 Å². The summed E-state index contributed by atoms with van der Waals surface area (Å²) >= 11 is 0. The maximum absolute atomic E-state index is 13.0.